The largest absolute Gasteiger partial charge is 0.486 e. The van der Waals surface area contributed by atoms with Crippen molar-refractivity contribution in [3.63, 3.8) is 0 Å². The van der Waals surface area contributed by atoms with E-state index in [4.69, 9.17) is 14.2 Å². The molecule has 0 aromatic heterocycles. The lowest BCUT2D eigenvalue weighted by Gasteiger charge is -2.21. The number of anilines is 1. The van der Waals surface area contributed by atoms with Gasteiger partial charge in [0, 0.05) is 11.5 Å². The molecule has 1 heterocycles. The van der Waals surface area contributed by atoms with Crippen molar-refractivity contribution in [3.05, 3.63) is 53.6 Å². The van der Waals surface area contributed by atoms with E-state index >= 15 is 0 Å². The third-order valence-corrected chi connectivity index (χ3v) is 5.58. The lowest BCUT2D eigenvalue weighted by Crippen LogP contribution is -2.26. The quantitative estimate of drug-likeness (QED) is 0.558. The molecule has 2 aromatic rings. The van der Waals surface area contributed by atoms with Gasteiger partial charge in [-0.15, -0.1) is 0 Å². The predicted molar refractivity (Wildman–Crippen MR) is 114 cm³/mol. The second-order valence-corrected chi connectivity index (χ2v) is 7.73. The molecular formula is C24H25NO6. The number of carbonyl (C=O) groups excluding carboxylic acids is 3. The summed E-state index contributed by atoms with van der Waals surface area (Å²) in [6.45, 7) is 0.473. The van der Waals surface area contributed by atoms with Gasteiger partial charge in [-0.1, -0.05) is 31.4 Å². The molecule has 1 N–H and O–H groups in total. The molecule has 7 nitrogen and oxygen atoms in total. The topological polar surface area (TPSA) is 90.9 Å². The van der Waals surface area contributed by atoms with Gasteiger partial charge in [-0.25, -0.2) is 4.79 Å². The summed E-state index contributed by atoms with van der Waals surface area (Å²) < 4.78 is 16.2. The molecule has 0 atom stereocenters. The fourth-order valence-corrected chi connectivity index (χ4v) is 3.88. The molecule has 1 saturated carbocycles. The number of ketones is 1. The number of hydrogen-bond donors (Lipinski definition) is 1. The molecule has 0 spiro atoms. The summed E-state index contributed by atoms with van der Waals surface area (Å²) in [6, 6.07) is 11.5. The molecule has 0 bridgehead atoms. The van der Waals surface area contributed by atoms with Crippen LogP contribution in [0.1, 0.15) is 52.8 Å². The Balaban J connectivity index is 1.38. The van der Waals surface area contributed by atoms with E-state index in [1.54, 1.807) is 42.5 Å². The first kappa shape index (κ1) is 20.9. The van der Waals surface area contributed by atoms with Gasteiger partial charge in [0.2, 0.25) is 5.91 Å². The molecule has 0 unspecified atom stereocenters. The van der Waals surface area contributed by atoms with Crippen LogP contribution in [0.15, 0.2) is 42.5 Å². The van der Waals surface area contributed by atoms with Crippen LogP contribution in [-0.4, -0.2) is 37.5 Å². The molecule has 31 heavy (non-hydrogen) atoms. The van der Waals surface area contributed by atoms with E-state index in [0.29, 0.717) is 36.0 Å². The SMILES string of the molecule is O=C(COC(=O)c1ccccc1NC(=O)C1CCCCC1)c1ccc2c(c1)OCCO2. The number of carbonyl (C=O) groups is 3. The van der Waals surface area contributed by atoms with Crippen molar-refractivity contribution in [3.8, 4) is 11.5 Å². The van der Waals surface area contributed by atoms with Crippen LogP contribution >= 0.6 is 0 Å². The van der Waals surface area contributed by atoms with Crippen molar-refractivity contribution < 1.29 is 28.6 Å². The monoisotopic (exact) mass is 423 g/mol. The Morgan fingerprint density at radius 2 is 1.68 bits per heavy atom. The van der Waals surface area contributed by atoms with Crippen LogP contribution in [-0.2, 0) is 9.53 Å². The van der Waals surface area contributed by atoms with E-state index in [1.807, 2.05) is 0 Å². The molecule has 1 aliphatic heterocycles. The average Bonchev–Trinajstić information content (AvgIpc) is 2.83. The summed E-state index contributed by atoms with van der Waals surface area (Å²) in [4.78, 5) is 37.7. The number of fused-ring (bicyclic) bond motifs is 1. The Labute approximate surface area is 180 Å². The molecule has 7 heteroatoms. The second-order valence-electron chi connectivity index (χ2n) is 7.73. The van der Waals surface area contributed by atoms with Crippen molar-refractivity contribution in [1.82, 2.24) is 0 Å². The van der Waals surface area contributed by atoms with Gasteiger partial charge < -0.3 is 19.5 Å². The van der Waals surface area contributed by atoms with Gasteiger partial charge in [-0.2, -0.15) is 0 Å². The first-order valence-corrected chi connectivity index (χ1v) is 10.6. The second kappa shape index (κ2) is 9.64. The van der Waals surface area contributed by atoms with Gasteiger partial charge in [0.25, 0.3) is 0 Å². The molecule has 2 aliphatic rings. The van der Waals surface area contributed by atoms with Crippen molar-refractivity contribution in [2.24, 2.45) is 5.92 Å². The third-order valence-electron chi connectivity index (χ3n) is 5.58. The Bertz CT molecular complexity index is 980. The van der Waals surface area contributed by atoms with Crippen LogP contribution < -0.4 is 14.8 Å². The maximum atomic E-state index is 12.6. The lowest BCUT2D eigenvalue weighted by atomic mass is 9.88. The maximum absolute atomic E-state index is 12.6. The van der Waals surface area contributed by atoms with Gasteiger partial charge in [0.15, 0.2) is 23.9 Å². The number of ether oxygens (including phenoxy) is 3. The van der Waals surface area contributed by atoms with Gasteiger partial charge >= 0.3 is 5.97 Å². The maximum Gasteiger partial charge on any atom is 0.340 e. The molecule has 162 valence electrons. The lowest BCUT2D eigenvalue weighted by molar-refractivity contribution is -0.120. The predicted octanol–water partition coefficient (Wildman–Crippen LogP) is 4.02. The Morgan fingerprint density at radius 1 is 0.935 bits per heavy atom. The van der Waals surface area contributed by atoms with E-state index < -0.39 is 12.6 Å². The minimum atomic E-state index is -0.662. The summed E-state index contributed by atoms with van der Waals surface area (Å²) in [5.41, 5.74) is 0.993. The molecule has 0 saturated heterocycles. The number of rotatable bonds is 6. The minimum absolute atomic E-state index is 0.0328. The molecule has 1 amide bonds. The first-order chi connectivity index (χ1) is 15.1. The standard InChI is InChI=1S/C24H25NO6/c26-20(17-10-11-21-22(14-17)30-13-12-29-21)15-31-24(28)18-8-4-5-9-19(18)25-23(27)16-6-2-1-3-7-16/h4-5,8-11,14,16H,1-3,6-7,12-13,15H2,(H,25,27). The fourth-order valence-electron chi connectivity index (χ4n) is 3.88. The number of hydrogen-bond acceptors (Lipinski definition) is 6. The van der Waals surface area contributed by atoms with E-state index in [9.17, 15) is 14.4 Å². The summed E-state index contributed by atoms with van der Waals surface area (Å²) in [6.07, 6.45) is 4.97. The zero-order chi connectivity index (χ0) is 21.6. The van der Waals surface area contributed by atoms with Gasteiger partial charge in [-0.05, 0) is 43.2 Å². The van der Waals surface area contributed by atoms with Gasteiger partial charge in [0.05, 0.1) is 11.3 Å². The molecule has 1 aliphatic carbocycles. The molecule has 1 fully saturated rings. The number of esters is 1. The summed E-state index contributed by atoms with van der Waals surface area (Å²) >= 11 is 0. The summed E-state index contributed by atoms with van der Waals surface area (Å²) in [5.74, 6) is -0.0389. The van der Waals surface area contributed by atoms with Gasteiger partial charge in [-0.3, -0.25) is 9.59 Å². The van der Waals surface area contributed by atoms with E-state index in [2.05, 4.69) is 5.32 Å². The third kappa shape index (κ3) is 5.05. The Morgan fingerprint density at radius 3 is 2.48 bits per heavy atom. The zero-order valence-corrected chi connectivity index (χ0v) is 17.2. The smallest absolute Gasteiger partial charge is 0.340 e. The normalized spacial score (nSPS) is 15.7. The van der Waals surface area contributed by atoms with Crippen molar-refractivity contribution >= 4 is 23.3 Å². The average molecular weight is 423 g/mol. The van der Waals surface area contributed by atoms with Crippen LogP contribution in [0.2, 0.25) is 0 Å². The van der Waals surface area contributed by atoms with Crippen LogP contribution in [0.3, 0.4) is 0 Å². The minimum Gasteiger partial charge on any atom is -0.486 e. The first-order valence-electron chi connectivity index (χ1n) is 10.6. The van der Waals surface area contributed by atoms with Crippen LogP contribution in [0.25, 0.3) is 0 Å². The molecule has 0 radical (unpaired) electrons. The number of nitrogens with one attached hydrogen (secondary N) is 1. The molecular weight excluding hydrogens is 398 g/mol. The number of para-hydroxylation sites is 1. The van der Waals surface area contributed by atoms with Crippen molar-refractivity contribution in [1.29, 1.82) is 0 Å². The summed E-state index contributed by atoms with van der Waals surface area (Å²) in [7, 11) is 0. The van der Waals surface area contributed by atoms with Crippen molar-refractivity contribution in [2.45, 2.75) is 32.1 Å². The number of benzene rings is 2. The van der Waals surface area contributed by atoms with Crippen molar-refractivity contribution in [2.75, 3.05) is 25.1 Å². The van der Waals surface area contributed by atoms with E-state index in [-0.39, 0.29) is 23.2 Å². The molecule has 2 aromatic carbocycles. The van der Waals surface area contributed by atoms with Crippen LogP contribution in [0.5, 0.6) is 11.5 Å². The highest BCUT2D eigenvalue weighted by molar-refractivity contribution is 6.03. The summed E-state index contributed by atoms with van der Waals surface area (Å²) in [5, 5.41) is 2.86. The number of amides is 1. The van der Waals surface area contributed by atoms with Crippen LogP contribution in [0.4, 0.5) is 5.69 Å². The Hall–Kier alpha value is -3.35. The molecule has 4 rings (SSSR count). The highest BCUT2D eigenvalue weighted by Crippen LogP contribution is 2.31. The van der Waals surface area contributed by atoms with Crippen LogP contribution in [0, 0.1) is 5.92 Å². The van der Waals surface area contributed by atoms with E-state index in [1.165, 1.54) is 0 Å². The fraction of sp³-hybridized carbons (Fsp3) is 0.375. The van der Waals surface area contributed by atoms with E-state index in [0.717, 1.165) is 32.1 Å². The number of Topliss-reactive ketones (excluding diaryl/α,β-unsaturated/α-hetero) is 1. The Kier molecular flexibility index (Phi) is 6.50. The highest BCUT2D eigenvalue weighted by atomic mass is 16.6. The van der Waals surface area contributed by atoms with Gasteiger partial charge in [0.1, 0.15) is 13.2 Å². The zero-order valence-electron chi connectivity index (χ0n) is 17.2. The highest BCUT2D eigenvalue weighted by Gasteiger charge is 2.23.